The molecule has 1 heterocycles. The van der Waals surface area contributed by atoms with Crippen molar-refractivity contribution >= 4 is 22.6 Å². The maximum atomic E-state index is 12.7. The molecule has 0 atom stereocenters. The molecule has 3 N–H and O–H groups in total. The Morgan fingerprint density at radius 1 is 0.929 bits per heavy atom. The lowest BCUT2D eigenvalue weighted by molar-refractivity contribution is 0.102. The molecule has 0 aliphatic rings. The SMILES string of the molecule is O=C(Nc1ccc(-c2coc3cc(O)cc(O)c3c2=O)cc1)c1ccccc1. The predicted molar refractivity (Wildman–Crippen MR) is 106 cm³/mol. The summed E-state index contributed by atoms with van der Waals surface area (Å²) in [5, 5.41) is 22.3. The van der Waals surface area contributed by atoms with Gasteiger partial charge in [0.2, 0.25) is 5.43 Å². The van der Waals surface area contributed by atoms with Crippen LogP contribution in [0.1, 0.15) is 10.4 Å². The monoisotopic (exact) mass is 373 g/mol. The summed E-state index contributed by atoms with van der Waals surface area (Å²) < 4.78 is 5.40. The van der Waals surface area contributed by atoms with Crippen molar-refractivity contribution in [1.29, 1.82) is 0 Å². The maximum absolute atomic E-state index is 12.7. The number of hydrogen-bond donors (Lipinski definition) is 3. The van der Waals surface area contributed by atoms with Gasteiger partial charge < -0.3 is 19.9 Å². The van der Waals surface area contributed by atoms with Gasteiger partial charge in [-0.3, -0.25) is 9.59 Å². The molecule has 0 spiro atoms. The first kappa shape index (κ1) is 17.4. The molecule has 0 saturated heterocycles. The van der Waals surface area contributed by atoms with Gasteiger partial charge in [-0.2, -0.15) is 0 Å². The molecular formula is C22H15NO5. The number of carbonyl (C=O) groups is 1. The lowest BCUT2D eigenvalue weighted by atomic mass is 10.0. The minimum absolute atomic E-state index is 0.00300. The van der Waals surface area contributed by atoms with E-state index in [0.29, 0.717) is 16.8 Å². The smallest absolute Gasteiger partial charge is 0.255 e. The summed E-state index contributed by atoms with van der Waals surface area (Å²) in [4.78, 5) is 24.9. The molecule has 0 bridgehead atoms. The van der Waals surface area contributed by atoms with E-state index in [0.717, 1.165) is 6.07 Å². The summed E-state index contributed by atoms with van der Waals surface area (Å²) >= 11 is 0. The van der Waals surface area contributed by atoms with Crippen LogP contribution in [-0.2, 0) is 0 Å². The van der Waals surface area contributed by atoms with E-state index in [2.05, 4.69) is 5.32 Å². The highest BCUT2D eigenvalue weighted by molar-refractivity contribution is 6.04. The summed E-state index contributed by atoms with van der Waals surface area (Å²) in [6.07, 6.45) is 1.28. The highest BCUT2D eigenvalue weighted by atomic mass is 16.3. The van der Waals surface area contributed by atoms with Crippen LogP contribution in [-0.4, -0.2) is 16.1 Å². The van der Waals surface area contributed by atoms with Crippen molar-refractivity contribution in [3.05, 3.63) is 88.8 Å². The number of amides is 1. The summed E-state index contributed by atoms with van der Waals surface area (Å²) in [6, 6.07) is 17.9. The predicted octanol–water partition coefficient (Wildman–Crippen LogP) is 4.12. The topological polar surface area (TPSA) is 99.8 Å². The van der Waals surface area contributed by atoms with E-state index in [1.165, 1.54) is 12.3 Å². The maximum Gasteiger partial charge on any atom is 0.255 e. The molecule has 1 aromatic heterocycles. The van der Waals surface area contributed by atoms with E-state index in [9.17, 15) is 19.8 Å². The van der Waals surface area contributed by atoms with Crippen LogP contribution in [0.2, 0.25) is 0 Å². The van der Waals surface area contributed by atoms with Crippen molar-refractivity contribution in [2.24, 2.45) is 0 Å². The van der Waals surface area contributed by atoms with E-state index in [1.54, 1.807) is 48.5 Å². The number of rotatable bonds is 3. The number of anilines is 1. The first-order valence-electron chi connectivity index (χ1n) is 8.47. The van der Waals surface area contributed by atoms with Gasteiger partial charge in [0, 0.05) is 23.4 Å². The van der Waals surface area contributed by atoms with E-state index in [4.69, 9.17) is 4.42 Å². The zero-order chi connectivity index (χ0) is 19.7. The molecule has 0 aliphatic heterocycles. The molecule has 0 fully saturated rings. The van der Waals surface area contributed by atoms with Crippen molar-refractivity contribution in [3.63, 3.8) is 0 Å². The molecular weight excluding hydrogens is 358 g/mol. The van der Waals surface area contributed by atoms with Gasteiger partial charge in [0.25, 0.3) is 5.91 Å². The molecule has 0 aliphatic carbocycles. The number of hydrogen-bond acceptors (Lipinski definition) is 5. The van der Waals surface area contributed by atoms with Gasteiger partial charge in [0.05, 0.1) is 5.56 Å². The second-order valence-corrected chi connectivity index (χ2v) is 6.21. The number of fused-ring (bicyclic) bond motifs is 1. The number of nitrogens with one attached hydrogen (secondary N) is 1. The van der Waals surface area contributed by atoms with Crippen LogP contribution in [0.5, 0.6) is 11.5 Å². The van der Waals surface area contributed by atoms with E-state index in [-0.39, 0.29) is 33.9 Å². The first-order valence-corrected chi connectivity index (χ1v) is 8.47. The Labute approximate surface area is 159 Å². The molecule has 6 heteroatoms. The summed E-state index contributed by atoms with van der Waals surface area (Å²) in [7, 11) is 0. The average molecular weight is 373 g/mol. The van der Waals surface area contributed by atoms with Crippen LogP contribution in [0.15, 0.2) is 82.2 Å². The average Bonchev–Trinajstić information content (AvgIpc) is 2.69. The van der Waals surface area contributed by atoms with Crippen molar-refractivity contribution < 1.29 is 19.4 Å². The molecule has 138 valence electrons. The first-order chi connectivity index (χ1) is 13.5. The third-order valence-electron chi connectivity index (χ3n) is 4.33. The number of carbonyl (C=O) groups excluding carboxylic acids is 1. The van der Waals surface area contributed by atoms with Crippen LogP contribution >= 0.6 is 0 Å². The van der Waals surface area contributed by atoms with Crippen LogP contribution in [0.3, 0.4) is 0 Å². The third-order valence-corrected chi connectivity index (χ3v) is 4.33. The Bertz CT molecular complexity index is 1230. The van der Waals surface area contributed by atoms with Gasteiger partial charge in [0.15, 0.2) is 0 Å². The number of benzene rings is 3. The Kier molecular flexibility index (Phi) is 4.29. The zero-order valence-corrected chi connectivity index (χ0v) is 14.5. The zero-order valence-electron chi connectivity index (χ0n) is 14.5. The molecule has 1 amide bonds. The van der Waals surface area contributed by atoms with Crippen molar-refractivity contribution in [2.75, 3.05) is 5.32 Å². The number of phenols is 2. The molecule has 4 aromatic rings. The van der Waals surface area contributed by atoms with Gasteiger partial charge in [0.1, 0.15) is 28.7 Å². The van der Waals surface area contributed by atoms with Crippen LogP contribution in [0.25, 0.3) is 22.1 Å². The molecule has 0 saturated carbocycles. The van der Waals surface area contributed by atoms with E-state index < -0.39 is 5.43 Å². The van der Waals surface area contributed by atoms with Crippen molar-refractivity contribution in [2.45, 2.75) is 0 Å². The molecule has 28 heavy (non-hydrogen) atoms. The molecule has 0 radical (unpaired) electrons. The highest BCUT2D eigenvalue weighted by Gasteiger charge is 2.14. The van der Waals surface area contributed by atoms with E-state index >= 15 is 0 Å². The number of aromatic hydroxyl groups is 2. The number of phenolic OH excluding ortho intramolecular Hbond substituents is 2. The Morgan fingerprint density at radius 3 is 2.36 bits per heavy atom. The van der Waals surface area contributed by atoms with Gasteiger partial charge >= 0.3 is 0 Å². The Morgan fingerprint density at radius 2 is 1.64 bits per heavy atom. The quantitative estimate of drug-likeness (QED) is 0.501. The second-order valence-electron chi connectivity index (χ2n) is 6.21. The molecule has 3 aromatic carbocycles. The minimum atomic E-state index is -0.417. The van der Waals surface area contributed by atoms with Crippen LogP contribution < -0.4 is 10.7 Å². The molecule has 0 unspecified atom stereocenters. The molecule has 6 nitrogen and oxygen atoms in total. The highest BCUT2D eigenvalue weighted by Crippen LogP contribution is 2.29. The standard InChI is InChI=1S/C22H15NO5/c24-16-10-18(25)20-19(11-16)28-12-17(21(20)26)13-6-8-15(9-7-13)23-22(27)14-4-2-1-3-5-14/h1-12,24-25H,(H,23,27). The third kappa shape index (κ3) is 3.19. The van der Waals surface area contributed by atoms with Gasteiger partial charge in [-0.15, -0.1) is 0 Å². The summed E-state index contributed by atoms with van der Waals surface area (Å²) in [5.41, 5.74) is 1.63. The fraction of sp³-hybridized carbons (Fsp3) is 0. The van der Waals surface area contributed by atoms with Gasteiger partial charge in [-0.05, 0) is 29.8 Å². The van der Waals surface area contributed by atoms with Crippen LogP contribution in [0.4, 0.5) is 5.69 Å². The largest absolute Gasteiger partial charge is 0.508 e. The van der Waals surface area contributed by atoms with Gasteiger partial charge in [-0.25, -0.2) is 0 Å². The fourth-order valence-corrected chi connectivity index (χ4v) is 2.94. The summed E-state index contributed by atoms with van der Waals surface area (Å²) in [6.45, 7) is 0. The van der Waals surface area contributed by atoms with Crippen LogP contribution in [0, 0.1) is 0 Å². The summed E-state index contributed by atoms with van der Waals surface area (Å²) in [5.74, 6) is -0.778. The van der Waals surface area contributed by atoms with E-state index in [1.807, 2.05) is 6.07 Å². The van der Waals surface area contributed by atoms with Crippen molar-refractivity contribution in [3.8, 4) is 22.6 Å². The minimum Gasteiger partial charge on any atom is -0.508 e. The Balaban J connectivity index is 1.65. The lowest BCUT2D eigenvalue weighted by Crippen LogP contribution is -2.11. The van der Waals surface area contributed by atoms with Gasteiger partial charge in [-0.1, -0.05) is 30.3 Å². The fourth-order valence-electron chi connectivity index (χ4n) is 2.94. The Hall–Kier alpha value is -4.06. The van der Waals surface area contributed by atoms with Crippen molar-refractivity contribution in [1.82, 2.24) is 0 Å². The second kappa shape index (κ2) is 6.92. The normalized spacial score (nSPS) is 10.7. The lowest BCUT2D eigenvalue weighted by Gasteiger charge is -2.08. The molecule has 4 rings (SSSR count).